The van der Waals surface area contributed by atoms with Crippen LogP contribution in [0, 0.1) is 0 Å². The molecular formula is C18H24FN5O5S. The van der Waals surface area contributed by atoms with Gasteiger partial charge < -0.3 is 14.4 Å². The molecule has 1 N–H and O–H groups in total. The Morgan fingerprint density at radius 3 is 2.83 bits per heavy atom. The number of halogens is 1. The molecule has 10 nitrogen and oxygen atoms in total. The van der Waals surface area contributed by atoms with Crippen molar-refractivity contribution < 1.29 is 28.2 Å². The number of rotatable bonds is 7. The van der Waals surface area contributed by atoms with Gasteiger partial charge in [-0.15, -0.1) is 12.6 Å². The number of allylic oxidation sites excluding steroid dienone is 1. The number of Topliss-reactive ketones (excluding diaryl/α,β-unsaturated/α-hetero) is 1. The molecule has 3 aliphatic rings. The first-order chi connectivity index (χ1) is 14.3. The summed E-state index contributed by atoms with van der Waals surface area (Å²) in [4.78, 5) is 38.1. The molecule has 0 aromatic heterocycles. The van der Waals surface area contributed by atoms with Gasteiger partial charge in [-0.05, 0) is 12.5 Å². The zero-order chi connectivity index (χ0) is 21.8. The van der Waals surface area contributed by atoms with E-state index in [2.05, 4.69) is 23.0 Å². The highest BCUT2D eigenvalue weighted by molar-refractivity contribution is 7.80. The quantitative estimate of drug-likeness (QED) is 0.336. The van der Waals surface area contributed by atoms with E-state index in [0.29, 0.717) is 31.8 Å². The van der Waals surface area contributed by atoms with E-state index in [1.165, 1.54) is 31.3 Å². The Morgan fingerprint density at radius 2 is 2.23 bits per heavy atom. The van der Waals surface area contributed by atoms with Gasteiger partial charge in [-0.25, -0.2) is 14.2 Å². The molecule has 0 saturated carbocycles. The molecule has 3 unspecified atom stereocenters. The summed E-state index contributed by atoms with van der Waals surface area (Å²) in [6.07, 6.45) is 3.90. The third-order valence-corrected chi connectivity index (χ3v) is 5.30. The number of carbonyl (C=O) groups is 3. The minimum Gasteiger partial charge on any atom is -0.443 e. The molecule has 2 heterocycles. The average Bonchev–Trinajstić information content (AvgIpc) is 3.12. The number of nitrogens with zero attached hydrogens (tertiary/aromatic N) is 4. The highest BCUT2D eigenvalue weighted by Crippen LogP contribution is 2.28. The smallest absolute Gasteiger partial charge is 0.410 e. The summed E-state index contributed by atoms with van der Waals surface area (Å²) in [6.45, 7) is 2.33. The van der Waals surface area contributed by atoms with Gasteiger partial charge in [0, 0.05) is 27.1 Å². The number of amides is 2. The van der Waals surface area contributed by atoms with E-state index in [1.807, 2.05) is 0 Å². The first-order valence-corrected chi connectivity index (χ1v) is 9.94. The van der Waals surface area contributed by atoms with E-state index in [1.54, 1.807) is 11.0 Å². The molecule has 164 valence electrons. The van der Waals surface area contributed by atoms with E-state index < -0.39 is 35.2 Å². The molecule has 1 saturated heterocycles. The number of ether oxygens (including phenoxy) is 2. The summed E-state index contributed by atoms with van der Waals surface area (Å²) in [5.74, 6) is -1.80. The van der Waals surface area contributed by atoms with Crippen molar-refractivity contribution in [2.45, 2.75) is 31.1 Å². The molecule has 2 aliphatic heterocycles. The molecule has 0 spiro atoms. The Morgan fingerprint density at radius 1 is 1.47 bits per heavy atom. The lowest BCUT2D eigenvalue weighted by atomic mass is 10.0. The SMILES string of the molecule is COC(S)NCC1CN(C2C=C(F)C(N3C=NN(C(=O)C(C)=O)CC3)=CC2)C(=O)O1. The summed E-state index contributed by atoms with van der Waals surface area (Å²) in [5, 5.41) is 7.94. The van der Waals surface area contributed by atoms with Crippen LogP contribution in [0.5, 0.6) is 0 Å². The maximum atomic E-state index is 14.8. The van der Waals surface area contributed by atoms with Crippen LogP contribution in [0.3, 0.4) is 0 Å². The second-order valence-corrected chi connectivity index (χ2v) is 7.44. The molecule has 3 rings (SSSR count). The van der Waals surface area contributed by atoms with E-state index in [9.17, 15) is 18.8 Å². The molecule has 1 fully saturated rings. The van der Waals surface area contributed by atoms with Crippen molar-refractivity contribution in [3.63, 3.8) is 0 Å². The van der Waals surface area contributed by atoms with Crippen LogP contribution in [0.4, 0.5) is 9.18 Å². The number of hydrogen-bond acceptors (Lipinski definition) is 9. The summed E-state index contributed by atoms with van der Waals surface area (Å²) >= 11 is 4.14. The van der Waals surface area contributed by atoms with Gasteiger partial charge in [-0.3, -0.25) is 19.8 Å². The Bertz CT molecular complexity index is 804. The summed E-state index contributed by atoms with van der Waals surface area (Å²) in [7, 11) is 1.50. The van der Waals surface area contributed by atoms with Gasteiger partial charge in [0.2, 0.25) is 5.78 Å². The maximum absolute atomic E-state index is 14.8. The maximum Gasteiger partial charge on any atom is 0.410 e. The van der Waals surface area contributed by atoms with Crippen LogP contribution >= 0.6 is 12.6 Å². The van der Waals surface area contributed by atoms with E-state index in [0.717, 1.165) is 5.01 Å². The molecule has 3 atom stereocenters. The number of hydrogen-bond donors (Lipinski definition) is 2. The van der Waals surface area contributed by atoms with Gasteiger partial charge in [0.15, 0.2) is 5.56 Å². The Hall–Kier alpha value is -2.44. The van der Waals surface area contributed by atoms with Crippen molar-refractivity contribution in [2.75, 3.05) is 33.3 Å². The number of nitrogens with one attached hydrogen (secondary N) is 1. The van der Waals surface area contributed by atoms with Crippen LogP contribution in [0.15, 0.2) is 28.8 Å². The van der Waals surface area contributed by atoms with Gasteiger partial charge in [0.1, 0.15) is 18.3 Å². The second-order valence-electron chi connectivity index (χ2n) is 6.97. The van der Waals surface area contributed by atoms with Crippen LogP contribution in [-0.4, -0.2) is 89.9 Å². The lowest BCUT2D eigenvalue weighted by Crippen LogP contribution is -2.43. The standard InChI is InChI=1S/C18H24FN5O5S/c1-11(25)16(26)24-6-5-22(10-21-24)15-4-3-12(7-14(15)19)23-9-13(29-18(23)27)8-20-17(30)28-2/h4,7,10,12-13,17,20,30H,3,5-6,8-9H2,1-2H3. The van der Waals surface area contributed by atoms with Crippen LogP contribution in [0.2, 0.25) is 0 Å². The number of hydrazone groups is 1. The molecule has 30 heavy (non-hydrogen) atoms. The number of carbonyl (C=O) groups excluding carboxylic acids is 3. The van der Waals surface area contributed by atoms with Crippen LogP contribution in [0.25, 0.3) is 0 Å². The minimum absolute atomic E-state index is 0.170. The van der Waals surface area contributed by atoms with Crippen molar-refractivity contribution in [3.05, 3.63) is 23.7 Å². The van der Waals surface area contributed by atoms with Crippen molar-refractivity contribution >= 4 is 36.8 Å². The molecule has 1 aliphatic carbocycles. The lowest BCUT2D eigenvalue weighted by Gasteiger charge is -2.32. The van der Waals surface area contributed by atoms with Crippen LogP contribution in [-0.2, 0) is 19.1 Å². The first-order valence-electron chi connectivity index (χ1n) is 9.42. The number of cyclic esters (lactones) is 1. The summed E-state index contributed by atoms with van der Waals surface area (Å²) in [6, 6.07) is -0.460. The van der Waals surface area contributed by atoms with Crippen LogP contribution in [0.1, 0.15) is 13.3 Å². The Balaban J connectivity index is 1.58. The molecular weight excluding hydrogens is 417 g/mol. The average molecular weight is 441 g/mol. The second kappa shape index (κ2) is 9.58. The highest BCUT2D eigenvalue weighted by atomic mass is 32.1. The predicted molar refractivity (Wildman–Crippen MR) is 108 cm³/mol. The summed E-state index contributed by atoms with van der Waals surface area (Å²) in [5.41, 5.74) is -0.156. The largest absolute Gasteiger partial charge is 0.443 e. The van der Waals surface area contributed by atoms with Gasteiger partial charge in [-0.2, -0.15) is 5.10 Å². The lowest BCUT2D eigenvalue weighted by molar-refractivity contribution is -0.143. The third-order valence-electron chi connectivity index (χ3n) is 4.91. The summed E-state index contributed by atoms with van der Waals surface area (Å²) < 4.78 is 25.1. The third kappa shape index (κ3) is 4.99. The zero-order valence-electron chi connectivity index (χ0n) is 16.7. The predicted octanol–water partition coefficient (Wildman–Crippen LogP) is 0.443. The van der Waals surface area contributed by atoms with Crippen molar-refractivity contribution in [2.24, 2.45) is 5.10 Å². The van der Waals surface area contributed by atoms with Crippen molar-refractivity contribution in [1.29, 1.82) is 0 Å². The van der Waals surface area contributed by atoms with E-state index in [4.69, 9.17) is 9.47 Å². The normalized spacial score (nSPS) is 25.1. The number of methoxy groups -OCH3 is 1. The Labute approximate surface area is 178 Å². The fourth-order valence-corrected chi connectivity index (χ4v) is 3.42. The fraction of sp³-hybridized carbons (Fsp3) is 0.556. The van der Waals surface area contributed by atoms with Gasteiger partial charge in [0.25, 0.3) is 0 Å². The molecule has 12 heteroatoms. The first kappa shape index (κ1) is 22.2. The monoisotopic (exact) mass is 441 g/mol. The Kier molecular flexibility index (Phi) is 7.10. The molecule has 0 bridgehead atoms. The van der Waals surface area contributed by atoms with E-state index >= 15 is 0 Å². The van der Waals surface area contributed by atoms with E-state index in [-0.39, 0.29) is 12.6 Å². The zero-order valence-corrected chi connectivity index (χ0v) is 17.5. The molecule has 0 aromatic rings. The highest BCUT2D eigenvalue weighted by Gasteiger charge is 2.37. The minimum atomic E-state index is -0.703. The number of thiol groups is 1. The number of ketones is 1. The van der Waals surface area contributed by atoms with Gasteiger partial charge >= 0.3 is 12.0 Å². The van der Waals surface area contributed by atoms with Gasteiger partial charge in [-0.1, -0.05) is 6.08 Å². The van der Waals surface area contributed by atoms with Crippen LogP contribution < -0.4 is 5.32 Å². The fourth-order valence-electron chi connectivity index (χ4n) is 3.32. The topological polar surface area (TPSA) is 104 Å². The van der Waals surface area contributed by atoms with Gasteiger partial charge in [0.05, 0.1) is 24.8 Å². The van der Waals surface area contributed by atoms with Crippen molar-refractivity contribution in [1.82, 2.24) is 20.1 Å². The molecule has 2 amide bonds. The molecule has 0 radical (unpaired) electrons. The van der Waals surface area contributed by atoms with Crippen molar-refractivity contribution in [3.8, 4) is 0 Å². The molecule has 0 aromatic carbocycles.